The molecule has 0 unspecified atom stereocenters. The number of carbonyl (C=O) groups excluding carboxylic acids is 2. The van der Waals surface area contributed by atoms with E-state index in [1.165, 1.54) is 0 Å². The monoisotopic (exact) mass is 212 g/mol. The second kappa shape index (κ2) is 5.14. The lowest BCUT2D eigenvalue weighted by molar-refractivity contribution is -0.141. The number of hydrogen-bond acceptors (Lipinski definition) is 5. The third-order valence-corrected chi connectivity index (χ3v) is 1.54. The van der Waals surface area contributed by atoms with Crippen molar-refractivity contribution in [1.29, 1.82) is 0 Å². The van der Waals surface area contributed by atoms with Crippen LogP contribution < -0.4 is 0 Å². The van der Waals surface area contributed by atoms with Crippen LogP contribution in [0.5, 0.6) is 0 Å². The average Bonchev–Trinajstić information content (AvgIpc) is 2.18. The van der Waals surface area contributed by atoms with Crippen LogP contribution in [0.3, 0.4) is 0 Å². The molecule has 0 saturated carbocycles. The lowest BCUT2D eigenvalue weighted by atomic mass is 10.2. The van der Waals surface area contributed by atoms with Crippen molar-refractivity contribution in [3.05, 3.63) is 24.0 Å². The molecule has 0 atom stereocenters. The summed E-state index contributed by atoms with van der Waals surface area (Å²) in [7, 11) is 0. The van der Waals surface area contributed by atoms with Crippen molar-refractivity contribution in [3.63, 3.8) is 0 Å². The van der Waals surface area contributed by atoms with Gasteiger partial charge in [0, 0.05) is 0 Å². The third-order valence-electron chi connectivity index (χ3n) is 1.54. The molecule has 0 spiro atoms. The van der Waals surface area contributed by atoms with Crippen LogP contribution in [-0.2, 0) is 9.53 Å². The van der Waals surface area contributed by atoms with E-state index in [0.717, 1.165) is 12.5 Å². The van der Waals surface area contributed by atoms with Crippen LogP contribution in [0.15, 0.2) is 12.5 Å². The fraction of sp³-hybridized carbons (Fsp3) is 0.333. The number of ketones is 1. The topological polar surface area (TPSA) is 69.2 Å². The number of rotatable bonds is 4. The minimum absolute atomic E-state index is 0.179. The molecule has 0 amide bonds. The molecule has 0 N–H and O–H groups in total. The zero-order chi connectivity index (χ0) is 11.3. The van der Waals surface area contributed by atoms with Crippen molar-refractivity contribution < 1.29 is 18.7 Å². The SMILES string of the molecule is CCOC(=O)CC(=O)c1ncncc1F. The van der Waals surface area contributed by atoms with E-state index in [1.54, 1.807) is 6.92 Å². The number of Topliss-reactive ketones (excluding diaryl/α,β-unsaturated/α-hetero) is 1. The summed E-state index contributed by atoms with van der Waals surface area (Å²) in [5.74, 6) is -2.25. The Morgan fingerprint density at radius 3 is 2.87 bits per heavy atom. The number of hydrogen-bond donors (Lipinski definition) is 0. The molecule has 0 fully saturated rings. The van der Waals surface area contributed by atoms with E-state index >= 15 is 0 Å². The van der Waals surface area contributed by atoms with E-state index in [2.05, 4.69) is 14.7 Å². The Labute approximate surface area is 85.3 Å². The maximum atomic E-state index is 13.0. The van der Waals surface area contributed by atoms with E-state index < -0.39 is 29.7 Å². The quantitative estimate of drug-likeness (QED) is 0.418. The first-order chi connectivity index (χ1) is 7.15. The number of aromatic nitrogens is 2. The number of ether oxygens (including phenoxy) is 1. The van der Waals surface area contributed by atoms with Gasteiger partial charge >= 0.3 is 5.97 Å². The summed E-state index contributed by atoms with van der Waals surface area (Å²) in [4.78, 5) is 29.1. The highest BCUT2D eigenvalue weighted by Crippen LogP contribution is 2.04. The van der Waals surface area contributed by atoms with E-state index in [1.807, 2.05) is 0 Å². The highest BCUT2D eigenvalue weighted by molar-refractivity contribution is 6.04. The Kier molecular flexibility index (Phi) is 3.84. The van der Waals surface area contributed by atoms with Crippen molar-refractivity contribution >= 4 is 11.8 Å². The minimum atomic E-state index is -0.841. The van der Waals surface area contributed by atoms with Crippen LogP contribution in [0.2, 0.25) is 0 Å². The predicted octanol–water partition coefficient (Wildman–Crippen LogP) is 0.752. The van der Waals surface area contributed by atoms with Gasteiger partial charge in [-0.25, -0.2) is 14.4 Å². The van der Waals surface area contributed by atoms with Crippen molar-refractivity contribution in [2.75, 3.05) is 6.61 Å². The molecule has 6 heteroatoms. The van der Waals surface area contributed by atoms with Crippen LogP contribution in [0.25, 0.3) is 0 Å². The standard InChI is InChI=1S/C9H9FN2O3/c1-2-15-8(14)3-7(13)9-6(10)4-11-5-12-9/h4-5H,2-3H2,1H3. The summed E-state index contributed by atoms with van der Waals surface area (Å²) in [6.45, 7) is 1.80. The number of nitrogens with zero attached hydrogens (tertiary/aromatic N) is 2. The van der Waals surface area contributed by atoms with Crippen LogP contribution in [-0.4, -0.2) is 28.3 Å². The normalized spacial score (nSPS) is 9.73. The van der Waals surface area contributed by atoms with Crippen molar-refractivity contribution in [3.8, 4) is 0 Å². The number of carbonyl (C=O) groups is 2. The van der Waals surface area contributed by atoms with Gasteiger partial charge in [0.25, 0.3) is 0 Å². The summed E-state index contributed by atoms with van der Waals surface area (Å²) < 4.78 is 17.5. The highest BCUT2D eigenvalue weighted by Gasteiger charge is 2.17. The first-order valence-electron chi connectivity index (χ1n) is 4.29. The molecule has 80 valence electrons. The maximum Gasteiger partial charge on any atom is 0.313 e. The van der Waals surface area contributed by atoms with Crippen LogP contribution >= 0.6 is 0 Å². The second-order valence-corrected chi connectivity index (χ2v) is 2.62. The smallest absolute Gasteiger partial charge is 0.313 e. The first kappa shape index (κ1) is 11.2. The average molecular weight is 212 g/mol. The molecule has 0 aromatic carbocycles. The molecule has 0 aliphatic rings. The molecule has 1 heterocycles. The molecule has 0 radical (unpaired) electrons. The lowest BCUT2D eigenvalue weighted by Crippen LogP contribution is -2.14. The van der Waals surface area contributed by atoms with Gasteiger partial charge in [-0.2, -0.15) is 0 Å². The summed E-state index contributed by atoms with van der Waals surface area (Å²) in [6.07, 6.45) is 1.40. The van der Waals surface area contributed by atoms with Gasteiger partial charge in [0.2, 0.25) is 0 Å². The zero-order valence-corrected chi connectivity index (χ0v) is 8.07. The van der Waals surface area contributed by atoms with Crippen LogP contribution in [0.4, 0.5) is 4.39 Å². The Morgan fingerprint density at radius 1 is 1.53 bits per heavy atom. The first-order valence-corrected chi connectivity index (χ1v) is 4.29. The molecule has 0 aliphatic carbocycles. The van der Waals surface area contributed by atoms with Gasteiger partial charge in [-0.15, -0.1) is 0 Å². The van der Waals surface area contributed by atoms with E-state index in [4.69, 9.17) is 0 Å². The van der Waals surface area contributed by atoms with Gasteiger partial charge in [0.1, 0.15) is 18.4 Å². The number of esters is 1. The Morgan fingerprint density at radius 2 is 2.27 bits per heavy atom. The Bertz CT molecular complexity index is 381. The summed E-state index contributed by atoms with van der Waals surface area (Å²) in [5, 5.41) is 0. The second-order valence-electron chi connectivity index (χ2n) is 2.62. The fourth-order valence-corrected chi connectivity index (χ4v) is 0.945. The van der Waals surface area contributed by atoms with Gasteiger partial charge < -0.3 is 4.74 Å². The molecule has 15 heavy (non-hydrogen) atoms. The molecule has 0 saturated heterocycles. The van der Waals surface area contributed by atoms with Gasteiger partial charge in [0.15, 0.2) is 11.6 Å². The van der Waals surface area contributed by atoms with Crippen molar-refractivity contribution in [2.45, 2.75) is 13.3 Å². The molecular weight excluding hydrogens is 203 g/mol. The molecule has 1 aromatic rings. The predicted molar refractivity (Wildman–Crippen MR) is 47.6 cm³/mol. The fourth-order valence-electron chi connectivity index (χ4n) is 0.945. The van der Waals surface area contributed by atoms with Gasteiger partial charge in [-0.3, -0.25) is 9.59 Å². The largest absolute Gasteiger partial charge is 0.466 e. The molecule has 1 rings (SSSR count). The number of halogens is 1. The lowest BCUT2D eigenvalue weighted by Gasteiger charge is -2.01. The molecule has 0 aliphatic heterocycles. The van der Waals surface area contributed by atoms with Crippen LogP contribution in [0, 0.1) is 5.82 Å². The van der Waals surface area contributed by atoms with Crippen molar-refractivity contribution in [1.82, 2.24) is 9.97 Å². The van der Waals surface area contributed by atoms with E-state index in [-0.39, 0.29) is 6.61 Å². The summed E-state index contributed by atoms with van der Waals surface area (Å²) in [6, 6.07) is 0. The van der Waals surface area contributed by atoms with Gasteiger partial charge in [-0.1, -0.05) is 0 Å². The molecule has 0 bridgehead atoms. The highest BCUT2D eigenvalue weighted by atomic mass is 19.1. The maximum absolute atomic E-state index is 13.0. The van der Waals surface area contributed by atoms with E-state index in [0.29, 0.717) is 0 Å². The third kappa shape index (κ3) is 3.08. The van der Waals surface area contributed by atoms with Gasteiger partial charge in [0.05, 0.1) is 12.8 Å². The Balaban J connectivity index is 2.70. The molecule has 1 aromatic heterocycles. The minimum Gasteiger partial charge on any atom is -0.466 e. The van der Waals surface area contributed by atoms with Crippen LogP contribution in [0.1, 0.15) is 23.8 Å². The van der Waals surface area contributed by atoms with Gasteiger partial charge in [-0.05, 0) is 6.92 Å². The van der Waals surface area contributed by atoms with E-state index in [9.17, 15) is 14.0 Å². The molecular formula is C9H9FN2O3. The summed E-state index contributed by atoms with van der Waals surface area (Å²) in [5.41, 5.74) is -0.391. The Hall–Kier alpha value is -1.85. The summed E-state index contributed by atoms with van der Waals surface area (Å²) >= 11 is 0. The molecule has 5 nitrogen and oxygen atoms in total. The zero-order valence-electron chi connectivity index (χ0n) is 8.07. The van der Waals surface area contributed by atoms with Crippen molar-refractivity contribution in [2.24, 2.45) is 0 Å².